The Morgan fingerprint density at radius 1 is 0.958 bits per heavy atom. The Hall–Kier alpha value is -1.48. The van der Waals surface area contributed by atoms with Crippen LogP contribution in [0.25, 0.3) is 0 Å². The normalized spacial score (nSPS) is 44.3. The topological polar surface area (TPSA) is 127 Å². The van der Waals surface area contributed by atoms with Crippen molar-refractivity contribution < 1.29 is 32.6 Å². The third kappa shape index (κ3) is 5.71. The number of rotatable bonds is 10. The van der Waals surface area contributed by atoms with Gasteiger partial charge in [-0.1, -0.05) is 48.5 Å². The molecule has 2 N–H and O–H groups in total. The summed E-state index contributed by atoms with van der Waals surface area (Å²) in [5.41, 5.74) is -1.34. The predicted molar refractivity (Wildman–Crippen MR) is 185 cm³/mol. The van der Waals surface area contributed by atoms with Crippen LogP contribution in [0.15, 0.2) is 0 Å². The van der Waals surface area contributed by atoms with E-state index in [1.807, 2.05) is 27.7 Å². The minimum Gasteiger partial charge on any atom is -0.462 e. The first kappa shape index (κ1) is 36.3. The molecule has 1 amide bonds. The average molecular weight is 690 g/mol. The number of hydrogen-bond acceptors (Lipinski definition) is 7. The number of ether oxygens (including phenoxy) is 1. The lowest BCUT2D eigenvalue weighted by Crippen LogP contribution is -2.59. The third-order valence-electron chi connectivity index (χ3n) is 16.5. The summed E-state index contributed by atoms with van der Waals surface area (Å²) in [6, 6.07) is 0. The Morgan fingerprint density at radius 3 is 2.33 bits per heavy atom. The van der Waals surface area contributed by atoms with Gasteiger partial charge in [0.05, 0.1) is 23.2 Å². The summed E-state index contributed by atoms with van der Waals surface area (Å²) in [7, 11) is -3.95. The van der Waals surface area contributed by atoms with E-state index >= 15 is 0 Å². The molecule has 0 aromatic heterocycles. The van der Waals surface area contributed by atoms with E-state index in [1.165, 1.54) is 0 Å². The summed E-state index contributed by atoms with van der Waals surface area (Å²) in [6.45, 7) is 14.9. The number of fused-ring (bicyclic) bond motifs is 7. The Labute approximate surface area is 289 Å². The van der Waals surface area contributed by atoms with Crippen molar-refractivity contribution in [2.75, 3.05) is 5.75 Å². The number of esters is 1. The van der Waals surface area contributed by atoms with Gasteiger partial charge >= 0.3 is 5.97 Å². The van der Waals surface area contributed by atoms with Gasteiger partial charge in [0, 0.05) is 12.8 Å². The van der Waals surface area contributed by atoms with Crippen molar-refractivity contribution in [1.29, 1.82) is 0 Å². The predicted octanol–water partition coefficient (Wildman–Crippen LogP) is 6.83. The van der Waals surface area contributed by atoms with Gasteiger partial charge in [-0.15, -0.1) is 0 Å². The summed E-state index contributed by atoms with van der Waals surface area (Å²) in [4.78, 5) is 38.5. The first-order chi connectivity index (χ1) is 22.4. The molecule has 272 valence electrons. The number of carbonyl (C=O) groups excluding carboxylic acids is 3. The molecule has 0 saturated heterocycles. The van der Waals surface area contributed by atoms with Gasteiger partial charge in [0.1, 0.15) is 11.9 Å². The minimum atomic E-state index is -3.95. The molecule has 0 heterocycles. The van der Waals surface area contributed by atoms with Crippen LogP contribution in [-0.4, -0.2) is 49.1 Å². The van der Waals surface area contributed by atoms with Crippen LogP contribution < -0.4 is 4.72 Å². The first-order valence-corrected chi connectivity index (χ1v) is 21.0. The number of Topliss-reactive ketones (excluding diaryl/α,β-unsaturated/α-hetero) is 1. The van der Waals surface area contributed by atoms with E-state index in [0.717, 1.165) is 64.2 Å². The molecule has 0 aliphatic heterocycles. The zero-order valence-electron chi connectivity index (χ0n) is 30.7. The van der Waals surface area contributed by atoms with Gasteiger partial charge < -0.3 is 9.84 Å². The second-order valence-electron chi connectivity index (χ2n) is 18.6. The van der Waals surface area contributed by atoms with Crippen LogP contribution in [0.2, 0.25) is 0 Å². The van der Waals surface area contributed by atoms with E-state index in [0.29, 0.717) is 42.9 Å². The fourth-order valence-electron chi connectivity index (χ4n) is 13.0. The molecule has 6 aliphatic carbocycles. The molecule has 9 heteroatoms. The first-order valence-electron chi connectivity index (χ1n) is 19.3. The molecule has 0 radical (unpaired) electrons. The lowest BCUT2D eigenvalue weighted by molar-refractivity contribution is -0.183. The second kappa shape index (κ2) is 12.6. The number of hydrogen-bond donors (Lipinski definition) is 2. The molecular formula is C39H63NO7S. The Balaban J connectivity index is 1.06. The van der Waals surface area contributed by atoms with Gasteiger partial charge in [0.25, 0.3) is 0 Å². The maximum Gasteiger partial charge on any atom is 0.308 e. The van der Waals surface area contributed by atoms with E-state index in [2.05, 4.69) is 25.5 Å². The molecule has 6 rings (SSSR count). The number of carbonyl (C=O) groups is 3. The second-order valence-corrected chi connectivity index (χ2v) is 20.3. The molecule has 6 fully saturated rings. The summed E-state index contributed by atoms with van der Waals surface area (Å²) < 4.78 is 34.8. The van der Waals surface area contributed by atoms with E-state index in [4.69, 9.17) is 4.74 Å². The van der Waals surface area contributed by atoms with Crippen LogP contribution in [0, 0.1) is 69.0 Å². The summed E-state index contributed by atoms with van der Waals surface area (Å²) in [5, 5.41) is 12.0. The molecule has 0 spiro atoms. The molecule has 0 aromatic carbocycles. The van der Waals surface area contributed by atoms with Crippen LogP contribution >= 0.6 is 0 Å². The van der Waals surface area contributed by atoms with E-state index in [-0.39, 0.29) is 69.9 Å². The Bertz CT molecular complexity index is 1390. The third-order valence-corrected chi connectivity index (χ3v) is 17.9. The molecule has 13 atom stereocenters. The monoisotopic (exact) mass is 689 g/mol. The van der Waals surface area contributed by atoms with Crippen molar-refractivity contribution >= 4 is 27.7 Å². The molecule has 2 bridgehead atoms. The maximum atomic E-state index is 13.2. The van der Waals surface area contributed by atoms with Crippen molar-refractivity contribution in [3.05, 3.63) is 0 Å². The van der Waals surface area contributed by atoms with Crippen LogP contribution in [-0.2, 0) is 29.1 Å². The highest BCUT2D eigenvalue weighted by Crippen LogP contribution is 2.69. The van der Waals surface area contributed by atoms with Crippen LogP contribution in [0.3, 0.4) is 0 Å². The SMILES string of the molecule is CCC(C)C(=O)O[C@H]1CC[C@@]2(C)C(CCC3C2C[C@H](O)[C@]2(C)C(C(C)CCC(=O)NS(=O)(=O)CC45CCC(CC4=O)C5(C)C)CCC32)C1. The van der Waals surface area contributed by atoms with Gasteiger partial charge in [0.2, 0.25) is 15.9 Å². The number of amides is 1. The fraction of sp³-hybridized carbons (Fsp3) is 0.923. The molecule has 9 unspecified atom stereocenters. The minimum absolute atomic E-state index is 0.00982. The Morgan fingerprint density at radius 2 is 1.69 bits per heavy atom. The molecule has 48 heavy (non-hydrogen) atoms. The fourth-order valence-corrected chi connectivity index (χ4v) is 14.8. The standard InChI is InChI=1S/C39H63NO7S/c1-8-23(2)35(44)47-27-16-17-37(6)26(19-27)10-11-28-30-13-12-29(38(30,7)32(41)21-31(28)37)24(3)9-14-34(43)40-48(45,46)22-39-18-15-25(20-33(39)42)36(39,4)5/h23-32,41H,8-22H2,1-7H3,(H,40,43)/t23?,24?,25?,26?,27-,28?,29?,30?,31?,32-,37-,38+,39?/m0/s1. The van der Waals surface area contributed by atoms with Crippen molar-refractivity contribution in [3.63, 3.8) is 0 Å². The summed E-state index contributed by atoms with van der Waals surface area (Å²) in [5.74, 6) is 1.77. The van der Waals surface area contributed by atoms with Crippen LogP contribution in [0.1, 0.15) is 138 Å². The smallest absolute Gasteiger partial charge is 0.308 e. The quantitative estimate of drug-likeness (QED) is 0.241. The average Bonchev–Trinajstić information content (AvgIpc) is 3.56. The van der Waals surface area contributed by atoms with Crippen LogP contribution in [0.5, 0.6) is 0 Å². The molecular weight excluding hydrogens is 626 g/mol. The van der Waals surface area contributed by atoms with Crippen molar-refractivity contribution in [2.45, 2.75) is 151 Å². The summed E-state index contributed by atoms with van der Waals surface area (Å²) >= 11 is 0. The number of aliphatic hydroxyl groups is 1. The van der Waals surface area contributed by atoms with Crippen LogP contribution in [0.4, 0.5) is 0 Å². The number of ketones is 1. The van der Waals surface area contributed by atoms with Crippen molar-refractivity contribution in [2.24, 2.45) is 69.0 Å². The van der Waals surface area contributed by atoms with E-state index < -0.39 is 27.4 Å². The molecule has 0 aromatic rings. The van der Waals surface area contributed by atoms with Gasteiger partial charge in [-0.05, 0) is 135 Å². The highest BCUT2D eigenvalue weighted by atomic mass is 32.2. The molecule has 6 saturated carbocycles. The highest BCUT2D eigenvalue weighted by Gasteiger charge is 2.66. The highest BCUT2D eigenvalue weighted by molar-refractivity contribution is 7.90. The van der Waals surface area contributed by atoms with Gasteiger partial charge in [-0.2, -0.15) is 0 Å². The largest absolute Gasteiger partial charge is 0.462 e. The van der Waals surface area contributed by atoms with Crippen molar-refractivity contribution in [3.8, 4) is 0 Å². The Kier molecular flexibility index (Phi) is 9.56. The maximum absolute atomic E-state index is 13.2. The van der Waals surface area contributed by atoms with E-state index in [1.54, 1.807) is 0 Å². The lowest BCUT2D eigenvalue weighted by atomic mass is 9.43. The summed E-state index contributed by atoms with van der Waals surface area (Å²) in [6.07, 6.45) is 11.1. The molecule has 6 aliphatic rings. The zero-order valence-corrected chi connectivity index (χ0v) is 31.5. The van der Waals surface area contributed by atoms with Gasteiger partial charge in [-0.3, -0.25) is 19.1 Å². The zero-order chi connectivity index (χ0) is 35.0. The van der Waals surface area contributed by atoms with Gasteiger partial charge in [0.15, 0.2) is 0 Å². The number of aliphatic hydroxyl groups excluding tert-OH is 1. The van der Waals surface area contributed by atoms with Crippen molar-refractivity contribution in [1.82, 2.24) is 4.72 Å². The van der Waals surface area contributed by atoms with E-state index in [9.17, 15) is 27.9 Å². The number of sulfonamides is 1. The lowest BCUT2D eigenvalue weighted by Gasteiger charge is -2.62. The molecule has 8 nitrogen and oxygen atoms in total. The van der Waals surface area contributed by atoms with Gasteiger partial charge in [-0.25, -0.2) is 8.42 Å². The number of nitrogens with one attached hydrogen (secondary N) is 1.